The molecule has 0 aliphatic heterocycles. The van der Waals surface area contributed by atoms with Crippen LogP contribution in [-0.2, 0) is 14.0 Å². The summed E-state index contributed by atoms with van der Waals surface area (Å²) >= 11 is 0. The lowest BCUT2D eigenvalue weighted by molar-refractivity contribution is -0.142. The average molecular weight is 301 g/mol. The summed E-state index contributed by atoms with van der Waals surface area (Å²) in [6.45, 7) is 11.9. The molecule has 0 aromatic rings. The van der Waals surface area contributed by atoms with Gasteiger partial charge in [-0.25, -0.2) is 4.79 Å². The lowest BCUT2D eigenvalue weighted by Crippen LogP contribution is -2.51. The number of unbranched alkanes of at least 4 members (excludes halogenated alkanes) is 1. The minimum absolute atomic E-state index is 0.0449. The maximum absolute atomic E-state index is 11.9. The molecule has 0 N–H and O–H groups in total. The summed E-state index contributed by atoms with van der Waals surface area (Å²) < 4.78 is 11.8. The van der Waals surface area contributed by atoms with Crippen LogP contribution in [0.2, 0.25) is 12.1 Å². The molecular weight excluding hydrogens is 268 g/mol. The number of ether oxygens (including phenoxy) is 1. The van der Waals surface area contributed by atoms with Crippen molar-refractivity contribution < 1.29 is 14.0 Å². The first kappa shape index (κ1) is 19.4. The second-order valence-electron chi connectivity index (χ2n) is 5.59. The third-order valence-corrected chi connectivity index (χ3v) is 8.84. The molecule has 0 aliphatic rings. The number of rotatable bonds is 11. The van der Waals surface area contributed by atoms with Crippen molar-refractivity contribution in [3.8, 4) is 0 Å². The van der Waals surface area contributed by atoms with E-state index in [2.05, 4.69) is 27.4 Å². The third-order valence-electron chi connectivity index (χ3n) is 3.76. The maximum atomic E-state index is 11.9. The molecule has 118 valence electrons. The van der Waals surface area contributed by atoms with Gasteiger partial charge < -0.3 is 9.16 Å². The molecule has 20 heavy (non-hydrogen) atoms. The van der Waals surface area contributed by atoms with Crippen LogP contribution in [0, 0.1) is 0 Å². The normalized spacial score (nSPS) is 13.1. The highest BCUT2D eigenvalue weighted by Crippen LogP contribution is 2.30. The highest BCUT2D eigenvalue weighted by atomic mass is 28.4. The van der Waals surface area contributed by atoms with E-state index in [-0.39, 0.29) is 11.7 Å². The van der Waals surface area contributed by atoms with Crippen LogP contribution in [0.1, 0.15) is 59.8 Å². The first-order chi connectivity index (χ1) is 9.47. The van der Waals surface area contributed by atoms with Crippen LogP contribution in [-0.4, -0.2) is 27.1 Å². The Kier molecular flexibility index (Phi) is 9.85. The molecule has 1 unspecified atom stereocenters. The Labute approximate surface area is 125 Å². The fourth-order valence-electron chi connectivity index (χ4n) is 2.68. The summed E-state index contributed by atoms with van der Waals surface area (Å²) in [4.78, 5) is 11.9. The van der Waals surface area contributed by atoms with E-state index >= 15 is 0 Å². The largest absolute Gasteiger partial charge is 0.460 e. The van der Waals surface area contributed by atoms with Crippen molar-refractivity contribution in [1.29, 1.82) is 0 Å². The van der Waals surface area contributed by atoms with Gasteiger partial charge in [0.1, 0.15) is 5.73 Å². The summed E-state index contributed by atoms with van der Waals surface area (Å²) in [6, 6.07) is 2.10. The van der Waals surface area contributed by atoms with Crippen LogP contribution < -0.4 is 0 Å². The van der Waals surface area contributed by atoms with Crippen molar-refractivity contribution in [2.75, 3.05) is 7.11 Å². The van der Waals surface area contributed by atoms with Crippen LogP contribution in [0.3, 0.4) is 0 Å². The van der Waals surface area contributed by atoms with Crippen molar-refractivity contribution >= 4 is 14.3 Å². The van der Waals surface area contributed by atoms with Crippen LogP contribution in [0.5, 0.6) is 0 Å². The lowest BCUT2D eigenvalue weighted by Gasteiger charge is -2.36. The van der Waals surface area contributed by atoms with Crippen molar-refractivity contribution in [2.45, 2.75) is 77.6 Å². The first-order valence-corrected chi connectivity index (χ1v) is 10.3. The molecule has 0 bridgehead atoms. The Hall–Kier alpha value is -0.613. The predicted octanol–water partition coefficient (Wildman–Crippen LogP) is 4.62. The summed E-state index contributed by atoms with van der Waals surface area (Å²) in [5.74, 6) is -0.271. The standard InChI is InChI=1S/C16H32O3Si/c1-7-10-11-15(19-16(17)14(4)5)20(18-6,12-8-2)13-9-3/h15H,4,7-13H2,1-3,5-6H3. The second-order valence-corrected chi connectivity index (χ2v) is 9.77. The molecule has 1 atom stereocenters. The minimum atomic E-state index is -2.03. The van der Waals surface area contributed by atoms with E-state index in [0.717, 1.165) is 44.2 Å². The molecule has 0 amide bonds. The zero-order chi connectivity index (χ0) is 15.6. The summed E-state index contributed by atoms with van der Waals surface area (Å²) in [6.07, 6.45) is 5.24. The maximum Gasteiger partial charge on any atom is 0.333 e. The number of carbonyl (C=O) groups excluding carboxylic acids is 1. The van der Waals surface area contributed by atoms with E-state index in [1.54, 1.807) is 14.0 Å². The molecule has 4 heteroatoms. The molecule has 3 nitrogen and oxygen atoms in total. The molecule has 0 aliphatic carbocycles. The number of carbonyl (C=O) groups is 1. The third kappa shape index (κ3) is 5.79. The van der Waals surface area contributed by atoms with Gasteiger partial charge in [0.2, 0.25) is 8.32 Å². The fourth-order valence-corrected chi connectivity index (χ4v) is 6.99. The molecule has 0 rings (SSSR count). The van der Waals surface area contributed by atoms with Crippen LogP contribution in [0.15, 0.2) is 12.2 Å². The molecule has 0 heterocycles. The van der Waals surface area contributed by atoms with Gasteiger partial charge in [-0.05, 0) is 25.4 Å². The summed E-state index contributed by atoms with van der Waals surface area (Å²) in [5, 5.41) is 0. The SMILES string of the molecule is C=C(C)C(=O)OC(CCCC)[Si](CCC)(CCC)OC. The minimum Gasteiger partial charge on any atom is -0.460 e. The molecule has 0 fully saturated rings. The Bertz CT molecular complexity index is 296. The Morgan fingerprint density at radius 3 is 2.05 bits per heavy atom. The van der Waals surface area contributed by atoms with Crippen LogP contribution in [0.4, 0.5) is 0 Å². The quantitative estimate of drug-likeness (QED) is 0.317. The fraction of sp³-hybridized carbons (Fsp3) is 0.812. The number of hydrogen-bond acceptors (Lipinski definition) is 3. The monoisotopic (exact) mass is 300 g/mol. The van der Waals surface area contributed by atoms with Gasteiger partial charge in [-0.1, -0.05) is 53.0 Å². The predicted molar refractivity (Wildman–Crippen MR) is 87.2 cm³/mol. The second kappa shape index (κ2) is 10.2. The molecule has 0 radical (unpaired) electrons. The number of esters is 1. The summed E-state index contributed by atoms with van der Waals surface area (Å²) in [7, 11) is -0.232. The Morgan fingerprint density at radius 1 is 1.15 bits per heavy atom. The Balaban J connectivity index is 5.16. The van der Waals surface area contributed by atoms with Crippen molar-refractivity contribution in [1.82, 2.24) is 0 Å². The average Bonchev–Trinajstić information content (AvgIpc) is 2.42. The zero-order valence-corrected chi connectivity index (χ0v) is 15.0. The van der Waals surface area contributed by atoms with E-state index in [4.69, 9.17) is 9.16 Å². The van der Waals surface area contributed by atoms with Gasteiger partial charge in [-0.3, -0.25) is 0 Å². The van der Waals surface area contributed by atoms with Gasteiger partial charge in [-0.2, -0.15) is 0 Å². The van der Waals surface area contributed by atoms with Gasteiger partial charge in [0, 0.05) is 12.7 Å². The lowest BCUT2D eigenvalue weighted by atomic mass is 10.2. The molecule has 0 aromatic carbocycles. The van der Waals surface area contributed by atoms with E-state index in [0.29, 0.717) is 5.57 Å². The van der Waals surface area contributed by atoms with Gasteiger partial charge in [0.25, 0.3) is 0 Å². The molecular formula is C16H32O3Si. The van der Waals surface area contributed by atoms with Gasteiger partial charge in [-0.15, -0.1) is 0 Å². The van der Waals surface area contributed by atoms with Crippen molar-refractivity contribution in [3.05, 3.63) is 12.2 Å². The van der Waals surface area contributed by atoms with Gasteiger partial charge in [0.15, 0.2) is 0 Å². The highest BCUT2D eigenvalue weighted by Gasteiger charge is 2.43. The highest BCUT2D eigenvalue weighted by molar-refractivity contribution is 6.75. The smallest absolute Gasteiger partial charge is 0.333 e. The van der Waals surface area contributed by atoms with Crippen molar-refractivity contribution in [3.63, 3.8) is 0 Å². The zero-order valence-electron chi connectivity index (χ0n) is 14.0. The van der Waals surface area contributed by atoms with Gasteiger partial charge >= 0.3 is 5.97 Å². The molecule has 0 saturated heterocycles. The van der Waals surface area contributed by atoms with E-state index in [1.165, 1.54) is 0 Å². The first-order valence-electron chi connectivity index (χ1n) is 7.89. The molecule has 0 saturated carbocycles. The summed E-state index contributed by atoms with van der Waals surface area (Å²) in [5.41, 5.74) is 0.426. The Morgan fingerprint density at radius 2 is 1.70 bits per heavy atom. The van der Waals surface area contributed by atoms with E-state index in [1.807, 2.05) is 0 Å². The van der Waals surface area contributed by atoms with Crippen molar-refractivity contribution in [2.24, 2.45) is 0 Å². The number of hydrogen-bond donors (Lipinski definition) is 0. The van der Waals surface area contributed by atoms with Crippen LogP contribution >= 0.6 is 0 Å². The van der Waals surface area contributed by atoms with Crippen LogP contribution in [0.25, 0.3) is 0 Å². The topological polar surface area (TPSA) is 35.5 Å². The molecule has 0 spiro atoms. The molecule has 0 aromatic heterocycles. The van der Waals surface area contributed by atoms with Gasteiger partial charge in [0.05, 0.1) is 0 Å². The van der Waals surface area contributed by atoms with E-state index < -0.39 is 8.32 Å². The van der Waals surface area contributed by atoms with E-state index in [9.17, 15) is 4.79 Å².